The van der Waals surface area contributed by atoms with E-state index in [4.69, 9.17) is 11.1 Å². The van der Waals surface area contributed by atoms with Gasteiger partial charge in [-0.2, -0.15) is 0 Å². The van der Waals surface area contributed by atoms with Crippen LogP contribution in [0.5, 0.6) is 0 Å². The number of carbonyl (C=O) groups is 1. The summed E-state index contributed by atoms with van der Waals surface area (Å²) < 4.78 is 0. The van der Waals surface area contributed by atoms with Crippen LogP contribution in [0.4, 0.5) is 0 Å². The zero-order valence-electron chi connectivity index (χ0n) is 22.8. The summed E-state index contributed by atoms with van der Waals surface area (Å²) >= 11 is 0. The van der Waals surface area contributed by atoms with E-state index < -0.39 is 24.2 Å². The van der Waals surface area contributed by atoms with Crippen molar-refractivity contribution in [3.63, 3.8) is 0 Å². The van der Waals surface area contributed by atoms with Crippen LogP contribution in [0, 0.1) is 5.41 Å². The molecule has 0 aromatic carbocycles. The van der Waals surface area contributed by atoms with Crippen LogP contribution in [0.2, 0.25) is 0 Å². The minimum Gasteiger partial charge on any atom is -0.480 e. The number of hydrogen-bond acceptors (Lipinski definition) is 5. The molecule has 9 heteroatoms. The molecule has 3 unspecified atom stereocenters. The van der Waals surface area contributed by atoms with Crippen molar-refractivity contribution in [1.29, 1.82) is 5.41 Å². The van der Waals surface area contributed by atoms with E-state index in [1.54, 1.807) is 0 Å². The normalized spacial score (nSPS) is 13.5. The van der Waals surface area contributed by atoms with Crippen LogP contribution >= 0.6 is 12.4 Å². The Kier molecular flexibility index (Phi) is 27.8. The molecule has 3 atom stereocenters. The molecule has 0 heterocycles. The smallest absolute Gasteiger partial charge is 0.320 e. The molecule has 0 rings (SSSR count). The second-order valence-electron chi connectivity index (χ2n) is 10.0. The van der Waals surface area contributed by atoms with Gasteiger partial charge in [-0.05, 0) is 19.3 Å². The molecule has 0 amide bonds. The summed E-state index contributed by atoms with van der Waals surface area (Å²) in [4.78, 5) is 11.4. The van der Waals surface area contributed by atoms with E-state index in [0.717, 1.165) is 19.3 Å². The molecule has 0 aromatic rings. The molecule has 0 saturated carbocycles. The van der Waals surface area contributed by atoms with Crippen molar-refractivity contribution >= 4 is 24.3 Å². The molecular weight excluding hydrogens is 480 g/mol. The molecule has 0 bridgehead atoms. The third-order valence-corrected chi connectivity index (χ3v) is 6.65. The Morgan fingerprint density at radius 2 is 1.19 bits per heavy atom. The van der Waals surface area contributed by atoms with Gasteiger partial charge in [-0.15, -0.1) is 12.4 Å². The fraction of sp³-hybridized carbons (Fsp3) is 0.926. The van der Waals surface area contributed by atoms with Crippen LogP contribution in [-0.4, -0.2) is 58.6 Å². The minimum atomic E-state index is -0.993. The molecule has 0 fully saturated rings. The Balaban J connectivity index is 0. The number of nitrogens with one attached hydrogen (secondary N) is 3. The lowest BCUT2D eigenvalue weighted by Gasteiger charge is -2.21. The fourth-order valence-corrected chi connectivity index (χ4v) is 4.34. The molecule has 8 nitrogen and oxygen atoms in total. The number of hydrogen-bond donors (Lipinski definition) is 7. The van der Waals surface area contributed by atoms with Gasteiger partial charge in [0.05, 0.1) is 12.2 Å². The third-order valence-electron chi connectivity index (χ3n) is 6.65. The van der Waals surface area contributed by atoms with E-state index in [-0.39, 0.29) is 24.9 Å². The summed E-state index contributed by atoms with van der Waals surface area (Å²) in [6.45, 7) is 2.72. The minimum absolute atomic E-state index is 0. The summed E-state index contributed by atoms with van der Waals surface area (Å²) in [5, 5.41) is 42.2. The molecule has 0 aliphatic rings. The highest BCUT2D eigenvalue weighted by molar-refractivity contribution is 5.85. The Labute approximate surface area is 226 Å². The Morgan fingerprint density at radius 1 is 0.750 bits per heavy atom. The second kappa shape index (κ2) is 27.0. The Hall–Kier alpha value is -1.09. The van der Waals surface area contributed by atoms with Gasteiger partial charge in [0.15, 0.2) is 5.96 Å². The van der Waals surface area contributed by atoms with Gasteiger partial charge in [0.1, 0.15) is 6.04 Å². The maximum absolute atomic E-state index is 11.4. The quantitative estimate of drug-likeness (QED) is 0.0462. The Morgan fingerprint density at radius 3 is 1.61 bits per heavy atom. The van der Waals surface area contributed by atoms with Gasteiger partial charge in [0.25, 0.3) is 0 Å². The van der Waals surface area contributed by atoms with Gasteiger partial charge in [-0.25, -0.2) is 0 Å². The van der Waals surface area contributed by atoms with Gasteiger partial charge < -0.3 is 31.7 Å². The molecule has 0 aromatic heterocycles. The lowest BCUT2D eigenvalue weighted by Crippen LogP contribution is -2.44. The van der Waals surface area contributed by atoms with Gasteiger partial charge in [-0.1, -0.05) is 110 Å². The monoisotopic (exact) mass is 536 g/mol. The second-order valence-corrected chi connectivity index (χ2v) is 10.0. The molecular formula is C27H57ClN4O4. The molecule has 36 heavy (non-hydrogen) atoms. The predicted molar refractivity (Wildman–Crippen MR) is 152 cm³/mol. The fourth-order valence-electron chi connectivity index (χ4n) is 4.34. The molecule has 216 valence electrons. The zero-order chi connectivity index (χ0) is 26.2. The van der Waals surface area contributed by atoms with Crippen molar-refractivity contribution in [1.82, 2.24) is 10.6 Å². The van der Waals surface area contributed by atoms with Crippen molar-refractivity contribution in [2.24, 2.45) is 5.73 Å². The molecule has 0 aliphatic heterocycles. The summed E-state index contributed by atoms with van der Waals surface area (Å²) in [6.07, 6.45) is 20.3. The van der Waals surface area contributed by atoms with Gasteiger partial charge in [-0.3, -0.25) is 10.2 Å². The van der Waals surface area contributed by atoms with E-state index in [2.05, 4.69) is 17.6 Å². The third kappa shape index (κ3) is 24.6. The standard InChI is InChI=1S/C27H56N4O4.ClH/c1-2-3-4-5-6-7-8-9-10-11-12-13-14-15-16-17-20-24(32)25(33)22-31-23(26(34)35)19-18-21-30-27(28)29;/h23-25,31-33H,2-22H2,1H3,(H,34,35)(H4,28,29,30);1H. The lowest BCUT2D eigenvalue weighted by molar-refractivity contribution is -0.139. The van der Waals surface area contributed by atoms with Crippen molar-refractivity contribution in [3.05, 3.63) is 0 Å². The topological polar surface area (TPSA) is 152 Å². The predicted octanol–water partition coefficient (Wildman–Crippen LogP) is 5.09. The largest absolute Gasteiger partial charge is 0.480 e. The highest BCUT2D eigenvalue weighted by Gasteiger charge is 2.21. The molecule has 0 saturated heterocycles. The van der Waals surface area contributed by atoms with Crippen LogP contribution in [0.3, 0.4) is 0 Å². The number of nitrogens with two attached hydrogens (primary N) is 1. The number of carboxylic acid groups (broad SMARTS) is 1. The number of halogens is 1. The number of aliphatic hydroxyl groups excluding tert-OH is 2. The summed E-state index contributed by atoms with van der Waals surface area (Å²) in [5.41, 5.74) is 5.20. The molecule has 8 N–H and O–H groups in total. The van der Waals surface area contributed by atoms with E-state index in [9.17, 15) is 20.1 Å². The maximum atomic E-state index is 11.4. The van der Waals surface area contributed by atoms with Crippen molar-refractivity contribution in [3.8, 4) is 0 Å². The first kappa shape index (κ1) is 37.1. The first-order valence-electron chi connectivity index (χ1n) is 14.3. The van der Waals surface area contributed by atoms with E-state index in [1.165, 1.54) is 83.5 Å². The number of rotatable bonds is 26. The molecule has 0 aliphatic carbocycles. The SMILES string of the molecule is CCCCCCCCCCCCCCCCCCC(O)C(O)CNC(CCCNC(=N)N)C(=O)O.Cl. The number of unbranched alkanes of at least 4 members (excludes halogenated alkanes) is 15. The van der Waals surface area contributed by atoms with Gasteiger partial charge >= 0.3 is 5.97 Å². The van der Waals surface area contributed by atoms with Gasteiger partial charge in [0.2, 0.25) is 0 Å². The highest BCUT2D eigenvalue weighted by Crippen LogP contribution is 2.15. The summed E-state index contributed by atoms with van der Waals surface area (Å²) in [6, 6.07) is -0.804. The number of carboxylic acids is 1. The molecule has 0 spiro atoms. The van der Waals surface area contributed by atoms with Crippen LogP contribution in [0.25, 0.3) is 0 Å². The highest BCUT2D eigenvalue weighted by atomic mass is 35.5. The average molecular weight is 537 g/mol. The Bertz CT molecular complexity index is 514. The van der Waals surface area contributed by atoms with Crippen LogP contribution < -0.4 is 16.4 Å². The van der Waals surface area contributed by atoms with Crippen LogP contribution in [0.15, 0.2) is 0 Å². The van der Waals surface area contributed by atoms with Crippen molar-refractivity contribution < 1.29 is 20.1 Å². The summed E-state index contributed by atoms with van der Waals surface area (Å²) in [5.74, 6) is -1.13. The van der Waals surface area contributed by atoms with Crippen LogP contribution in [0.1, 0.15) is 129 Å². The first-order chi connectivity index (χ1) is 16.9. The number of aliphatic hydroxyl groups is 2. The zero-order valence-corrected chi connectivity index (χ0v) is 23.6. The molecule has 0 radical (unpaired) electrons. The van der Waals surface area contributed by atoms with E-state index in [0.29, 0.717) is 25.8 Å². The lowest BCUT2D eigenvalue weighted by atomic mass is 10.0. The first-order valence-corrected chi connectivity index (χ1v) is 14.3. The van der Waals surface area contributed by atoms with Crippen LogP contribution in [-0.2, 0) is 4.79 Å². The number of aliphatic carboxylic acids is 1. The van der Waals surface area contributed by atoms with Crippen molar-refractivity contribution in [2.75, 3.05) is 13.1 Å². The average Bonchev–Trinajstić information content (AvgIpc) is 2.82. The van der Waals surface area contributed by atoms with Crippen molar-refractivity contribution in [2.45, 2.75) is 147 Å². The van der Waals surface area contributed by atoms with E-state index >= 15 is 0 Å². The van der Waals surface area contributed by atoms with E-state index in [1.807, 2.05) is 0 Å². The summed E-state index contributed by atoms with van der Waals surface area (Å²) in [7, 11) is 0. The maximum Gasteiger partial charge on any atom is 0.320 e. The van der Waals surface area contributed by atoms with Gasteiger partial charge in [0, 0.05) is 13.1 Å². The number of guanidine groups is 1.